The molecule has 1 aromatic carbocycles. The predicted molar refractivity (Wildman–Crippen MR) is 93.3 cm³/mol. The quantitative estimate of drug-likeness (QED) is 0.559. The number of ether oxygens (including phenoxy) is 2. The van der Waals surface area contributed by atoms with Gasteiger partial charge >= 0.3 is 5.97 Å². The van der Waals surface area contributed by atoms with Crippen molar-refractivity contribution in [2.45, 2.75) is 58.4 Å². The van der Waals surface area contributed by atoms with Crippen molar-refractivity contribution >= 4 is 17.0 Å². The molecule has 1 aromatic heterocycles. The molecule has 0 bridgehead atoms. The fourth-order valence-corrected chi connectivity index (χ4v) is 3.51. The number of hydrogen-bond acceptors (Lipinski definition) is 3. The molecule has 1 aliphatic rings. The van der Waals surface area contributed by atoms with Crippen molar-refractivity contribution < 1.29 is 23.9 Å². The lowest BCUT2D eigenvalue weighted by Gasteiger charge is -2.07. The first-order valence-corrected chi connectivity index (χ1v) is 9.09. The highest BCUT2D eigenvalue weighted by Crippen LogP contribution is 2.17. The third-order valence-corrected chi connectivity index (χ3v) is 4.80. The number of hydrogen-bond donors (Lipinski definition) is 1. The summed E-state index contributed by atoms with van der Waals surface area (Å²) in [6, 6.07) is 8.44. The number of para-hydroxylation sites is 2. The zero-order valence-electron chi connectivity index (χ0n) is 14.8. The SMILES string of the molecule is Cc1n(CCC2OCCO2)c2ccccc2[n+]1CCCCCC(=O)O. The van der Waals surface area contributed by atoms with E-state index < -0.39 is 5.97 Å². The third kappa shape index (κ3) is 4.38. The molecule has 0 atom stereocenters. The molecule has 0 saturated carbocycles. The highest BCUT2D eigenvalue weighted by Gasteiger charge is 2.23. The summed E-state index contributed by atoms with van der Waals surface area (Å²) >= 11 is 0. The van der Waals surface area contributed by atoms with E-state index in [-0.39, 0.29) is 12.7 Å². The average Bonchev–Trinajstić information content (AvgIpc) is 3.20. The maximum absolute atomic E-state index is 10.6. The van der Waals surface area contributed by atoms with Crippen molar-refractivity contribution in [1.29, 1.82) is 0 Å². The van der Waals surface area contributed by atoms with Crippen LogP contribution in [0.15, 0.2) is 24.3 Å². The molecular formula is C19H27N2O4+. The van der Waals surface area contributed by atoms with Crippen molar-refractivity contribution in [1.82, 2.24) is 4.57 Å². The van der Waals surface area contributed by atoms with E-state index in [2.05, 4.69) is 40.3 Å². The largest absolute Gasteiger partial charge is 0.481 e. The van der Waals surface area contributed by atoms with Gasteiger partial charge < -0.3 is 14.6 Å². The van der Waals surface area contributed by atoms with Crippen molar-refractivity contribution in [2.24, 2.45) is 0 Å². The van der Waals surface area contributed by atoms with Gasteiger partial charge in [0.2, 0.25) is 0 Å². The number of rotatable bonds is 9. The number of carboxylic acid groups (broad SMARTS) is 1. The fourth-order valence-electron chi connectivity index (χ4n) is 3.51. The number of fused-ring (bicyclic) bond motifs is 1. The molecular weight excluding hydrogens is 320 g/mol. The van der Waals surface area contributed by atoms with E-state index in [1.807, 2.05) is 0 Å². The molecule has 3 rings (SSSR count). The highest BCUT2D eigenvalue weighted by atomic mass is 16.7. The molecule has 6 nitrogen and oxygen atoms in total. The maximum Gasteiger partial charge on any atom is 0.303 e. The number of carbonyl (C=O) groups is 1. The van der Waals surface area contributed by atoms with Gasteiger partial charge in [0.05, 0.1) is 26.3 Å². The van der Waals surface area contributed by atoms with Gasteiger partial charge in [0, 0.05) is 19.8 Å². The number of aliphatic carboxylic acids is 1. The average molecular weight is 347 g/mol. The van der Waals surface area contributed by atoms with E-state index in [1.165, 1.54) is 16.9 Å². The van der Waals surface area contributed by atoms with Gasteiger partial charge in [-0.2, -0.15) is 0 Å². The molecule has 0 radical (unpaired) electrons. The number of nitrogens with zero attached hydrogens (tertiary/aromatic N) is 2. The van der Waals surface area contributed by atoms with Crippen molar-refractivity contribution in [3.63, 3.8) is 0 Å². The normalized spacial score (nSPS) is 15.2. The molecule has 0 amide bonds. The molecule has 6 heteroatoms. The Morgan fingerprint density at radius 3 is 2.76 bits per heavy atom. The van der Waals surface area contributed by atoms with Gasteiger partial charge in [-0.3, -0.25) is 4.79 Å². The van der Waals surface area contributed by atoms with Crippen LogP contribution < -0.4 is 4.57 Å². The number of benzene rings is 1. The Morgan fingerprint density at radius 2 is 2.00 bits per heavy atom. The minimum Gasteiger partial charge on any atom is -0.481 e. The van der Waals surface area contributed by atoms with Gasteiger partial charge in [0.1, 0.15) is 0 Å². The van der Waals surface area contributed by atoms with E-state index in [9.17, 15) is 4.79 Å². The van der Waals surface area contributed by atoms with Crippen LogP contribution in [0, 0.1) is 6.92 Å². The monoisotopic (exact) mass is 347 g/mol. The van der Waals surface area contributed by atoms with Gasteiger partial charge in [-0.15, -0.1) is 0 Å². The van der Waals surface area contributed by atoms with E-state index in [0.29, 0.717) is 13.2 Å². The first-order chi connectivity index (χ1) is 12.2. The van der Waals surface area contributed by atoms with Crippen LogP contribution in [-0.4, -0.2) is 35.1 Å². The van der Waals surface area contributed by atoms with E-state index >= 15 is 0 Å². The Labute approximate surface area is 148 Å². The second-order valence-corrected chi connectivity index (χ2v) is 6.50. The molecule has 1 saturated heterocycles. The summed E-state index contributed by atoms with van der Waals surface area (Å²) in [6.45, 7) is 5.30. The minimum absolute atomic E-state index is 0.0926. The summed E-state index contributed by atoms with van der Waals surface area (Å²) in [6.07, 6.45) is 3.67. The smallest absolute Gasteiger partial charge is 0.303 e. The maximum atomic E-state index is 10.6. The molecule has 0 spiro atoms. The first kappa shape index (κ1) is 17.9. The van der Waals surface area contributed by atoms with E-state index in [0.717, 1.165) is 38.8 Å². The van der Waals surface area contributed by atoms with Gasteiger partial charge in [-0.1, -0.05) is 12.1 Å². The van der Waals surface area contributed by atoms with Crippen molar-refractivity contribution in [3.8, 4) is 0 Å². The molecule has 2 heterocycles. The number of aryl methyl sites for hydroxylation is 2. The van der Waals surface area contributed by atoms with Crippen molar-refractivity contribution in [3.05, 3.63) is 30.1 Å². The first-order valence-electron chi connectivity index (χ1n) is 9.09. The fraction of sp³-hybridized carbons (Fsp3) is 0.579. The molecule has 0 aliphatic carbocycles. The summed E-state index contributed by atoms with van der Waals surface area (Å²) in [5.74, 6) is 0.509. The standard InChI is InChI=1S/C19H26N2O4/c1-15-20(11-6-2-3-9-18(22)23)16-7-4-5-8-17(16)21(15)12-10-19-24-13-14-25-19/h4-5,7-8,19H,2-3,6,9-14H2,1H3/p+1. The predicted octanol–water partition coefficient (Wildman–Crippen LogP) is 2.65. The number of carboxylic acids is 1. The molecule has 1 aliphatic heterocycles. The lowest BCUT2D eigenvalue weighted by Crippen LogP contribution is -2.36. The second kappa shape index (κ2) is 8.45. The van der Waals surface area contributed by atoms with Crippen LogP contribution in [0.4, 0.5) is 0 Å². The molecule has 0 unspecified atom stereocenters. The van der Waals surface area contributed by atoms with E-state index in [4.69, 9.17) is 14.6 Å². The molecule has 2 aromatic rings. The summed E-state index contributed by atoms with van der Waals surface area (Å²) in [7, 11) is 0. The third-order valence-electron chi connectivity index (χ3n) is 4.80. The summed E-state index contributed by atoms with van der Waals surface area (Å²) < 4.78 is 15.8. The van der Waals surface area contributed by atoms with Gasteiger partial charge in [0.15, 0.2) is 17.3 Å². The number of aromatic nitrogens is 2. The van der Waals surface area contributed by atoms with Crippen LogP contribution in [0.2, 0.25) is 0 Å². The van der Waals surface area contributed by atoms with Gasteiger partial charge in [-0.05, 0) is 31.4 Å². The van der Waals surface area contributed by atoms with Crippen LogP contribution >= 0.6 is 0 Å². The van der Waals surface area contributed by atoms with E-state index in [1.54, 1.807) is 0 Å². The lowest BCUT2D eigenvalue weighted by molar-refractivity contribution is -0.679. The molecule has 136 valence electrons. The Kier molecular flexibility index (Phi) is 6.04. The Hall–Kier alpha value is -1.92. The van der Waals surface area contributed by atoms with Crippen molar-refractivity contribution in [2.75, 3.05) is 13.2 Å². The summed E-state index contributed by atoms with van der Waals surface area (Å²) in [4.78, 5) is 10.6. The Balaban J connectivity index is 1.69. The zero-order valence-corrected chi connectivity index (χ0v) is 14.8. The topological polar surface area (TPSA) is 64.6 Å². The van der Waals surface area contributed by atoms with Crippen LogP contribution in [-0.2, 0) is 27.4 Å². The van der Waals surface area contributed by atoms with Crippen LogP contribution in [0.5, 0.6) is 0 Å². The zero-order chi connectivity index (χ0) is 17.6. The van der Waals surface area contributed by atoms with Gasteiger partial charge in [-0.25, -0.2) is 9.13 Å². The summed E-state index contributed by atoms with van der Waals surface area (Å²) in [5, 5.41) is 8.74. The lowest BCUT2D eigenvalue weighted by atomic mass is 10.2. The summed E-state index contributed by atoms with van der Waals surface area (Å²) in [5.41, 5.74) is 2.45. The van der Waals surface area contributed by atoms with Gasteiger partial charge in [0.25, 0.3) is 5.82 Å². The second-order valence-electron chi connectivity index (χ2n) is 6.50. The minimum atomic E-state index is -0.711. The van der Waals surface area contributed by atoms with Crippen LogP contribution in [0.25, 0.3) is 11.0 Å². The van der Waals surface area contributed by atoms with Crippen LogP contribution in [0.3, 0.4) is 0 Å². The number of unbranched alkanes of at least 4 members (excludes halogenated alkanes) is 2. The number of imidazole rings is 1. The Morgan fingerprint density at radius 1 is 1.24 bits per heavy atom. The molecule has 1 N–H and O–H groups in total. The Bertz CT molecular complexity index is 720. The molecule has 1 fully saturated rings. The highest BCUT2D eigenvalue weighted by molar-refractivity contribution is 5.72. The van der Waals surface area contributed by atoms with Crippen LogP contribution in [0.1, 0.15) is 37.9 Å². The molecule has 25 heavy (non-hydrogen) atoms.